The normalized spacial score (nSPS) is 13.1. The fourth-order valence-electron chi connectivity index (χ4n) is 0.899. The van der Waals surface area contributed by atoms with E-state index >= 15 is 0 Å². The van der Waals surface area contributed by atoms with Crippen molar-refractivity contribution in [2.45, 2.75) is 13.3 Å². The molecule has 0 aromatic rings. The van der Waals surface area contributed by atoms with Crippen LogP contribution in [-0.2, 0) is 23.9 Å². The van der Waals surface area contributed by atoms with Crippen molar-refractivity contribution in [3.05, 3.63) is 41.6 Å². The topological polar surface area (TPSA) is 69.7 Å². The lowest BCUT2D eigenvalue weighted by atomic mass is 10.3. The molecule has 0 aromatic heterocycles. The maximum Gasteiger partial charge on any atom is 0.335 e. The summed E-state index contributed by atoms with van der Waals surface area (Å²) in [7, 11) is 0. The zero-order chi connectivity index (χ0) is 12.8. The van der Waals surface area contributed by atoms with Crippen molar-refractivity contribution in [2.24, 2.45) is 0 Å². The predicted molar refractivity (Wildman–Crippen MR) is 57.4 cm³/mol. The Bertz CT molecular complexity index is 475. The SMILES string of the molecule is C=CC(=O)O/C(=C/C=O)C1=C=C1OC(=O)CC. The van der Waals surface area contributed by atoms with Crippen LogP contribution in [0.15, 0.2) is 41.6 Å². The zero-order valence-corrected chi connectivity index (χ0v) is 9.19. The Hall–Kier alpha value is -2.39. The number of hydrogen-bond donors (Lipinski definition) is 0. The first-order valence-corrected chi connectivity index (χ1v) is 4.84. The lowest BCUT2D eigenvalue weighted by Gasteiger charge is -2.03. The molecule has 0 aliphatic heterocycles. The minimum Gasteiger partial charge on any atom is -0.422 e. The first-order valence-electron chi connectivity index (χ1n) is 4.84. The summed E-state index contributed by atoms with van der Waals surface area (Å²) in [4.78, 5) is 32.3. The first kappa shape index (κ1) is 12.7. The Kier molecular flexibility index (Phi) is 4.20. The molecule has 0 radical (unpaired) electrons. The second-order valence-corrected chi connectivity index (χ2v) is 2.95. The molecule has 5 nitrogen and oxygen atoms in total. The van der Waals surface area contributed by atoms with E-state index in [0.29, 0.717) is 11.9 Å². The molecule has 0 saturated carbocycles. The molecule has 1 rings (SSSR count). The number of esters is 2. The van der Waals surface area contributed by atoms with Gasteiger partial charge in [-0.05, 0) is 0 Å². The molecule has 0 atom stereocenters. The summed E-state index contributed by atoms with van der Waals surface area (Å²) < 4.78 is 9.59. The van der Waals surface area contributed by atoms with Gasteiger partial charge in [-0.3, -0.25) is 9.59 Å². The van der Waals surface area contributed by atoms with Gasteiger partial charge < -0.3 is 9.47 Å². The van der Waals surface area contributed by atoms with Gasteiger partial charge in [-0.25, -0.2) is 4.79 Å². The van der Waals surface area contributed by atoms with Gasteiger partial charge in [0.25, 0.3) is 0 Å². The number of allylic oxidation sites excluding steroid dienone is 1. The van der Waals surface area contributed by atoms with Crippen LogP contribution in [-0.4, -0.2) is 18.2 Å². The van der Waals surface area contributed by atoms with E-state index in [4.69, 9.17) is 9.47 Å². The Morgan fingerprint density at radius 3 is 2.71 bits per heavy atom. The minimum absolute atomic E-state index is 0.0104. The molecule has 0 unspecified atom stereocenters. The van der Waals surface area contributed by atoms with Crippen molar-refractivity contribution in [3.63, 3.8) is 0 Å². The summed E-state index contributed by atoms with van der Waals surface area (Å²) in [6, 6.07) is 0. The van der Waals surface area contributed by atoms with Crippen molar-refractivity contribution in [1.29, 1.82) is 0 Å². The fraction of sp³-hybridized carbons (Fsp3) is 0.167. The maximum absolute atomic E-state index is 11.0. The Morgan fingerprint density at radius 1 is 1.47 bits per heavy atom. The van der Waals surface area contributed by atoms with Crippen molar-refractivity contribution in [1.82, 2.24) is 0 Å². The maximum atomic E-state index is 11.0. The van der Waals surface area contributed by atoms with E-state index in [0.717, 1.165) is 12.2 Å². The van der Waals surface area contributed by atoms with E-state index in [1.165, 1.54) is 0 Å². The van der Waals surface area contributed by atoms with Crippen LogP contribution in [0.2, 0.25) is 0 Å². The van der Waals surface area contributed by atoms with Crippen LogP contribution in [0.4, 0.5) is 0 Å². The predicted octanol–water partition coefficient (Wildman–Crippen LogP) is 1.17. The molecule has 0 heterocycles. The molecule has 0 spiro atoms. The summed E-state index contributed by atoms with van der Waals surface area (Å²) >= 11 is 0. The third kappa shape index (κ3) is 3.59. The first-order chi connectivity index (χ1) is 8.12. The highest BCUT2D eigenvalue weighted by Crippen LogP contribution is 2.30. The average Bonchev–Trinajstić information content (AvgIpc) is 3.07. The Labute approximate surface area is 97.7 Å². The van der Waals surface area contributed by atoms with Gasteiger partial charge in [0, 0.05) is 18.6 Å². The summed E-state index contributed by atoms with van der Waals surface area (Å²) in [5.41, 5.74) is 2.90. The summed E-state index contributed by atoms with van der Waals surface area (Å²) in [5, 5.41) is 0. The Balaban J connectivity index is 2.60. The number of carbonyl (C=O) groups is 3. The average molecular weight is 234 g/mol. The number of rotatable bonds is 6. The van der Waals surface area contributed by atoms with Gasteiger partial charge in [0.05, 0.1) is 0 Å². The summed E-state index contributed by atoms with van der Waals surface area (Å²) in [6.45, 7) is 4.87. The molecule has 88 valence electrons. The molecular weight excluding hydrogens is 224 g/mol. The molecule has 1 aliphatic carbocycles. The van der Waals surface area contributed by atoms with Crippen molar-refractivity contribution >= 4 is 18.2 Å². The molecule has 5 heteroatoms. The van der Waals surface area contributed by atoms with E-state index in [1.54, 1.807) is 6.92 Å². The summed E-state index contributed by atoms with van der Waals surface area (Å²) in [6.07, 6.45) is 2.67. The highest BCUT2D eigenvalue weighted by Gasteiger charge is 2.26. The van der Waals surface area contributed by atoms with E-state index in [1.807, 2.05) is 0 Å². The summed E-state index contributed by atoms with van der Waals surface area (Å²) in [5.74, 6) is -0.964. The van der Waals surface area contributed by atoms with Gasteiger partial charge in [0.2, 0.25) is 0 Å². The quantitative estimate of drug-likeness (QED) is 0.227. The molecule has 0 fully saturated rings. The van der Waals surface area contributed by atoms with Gasteiger partial charge in [-0.2, -0.15) is 0 Å². The monoisotopic (exact) mass is 234 g/mol. The van der Waals surface area contributed by atoms with Gasteiger partial charge >= 0.3 is 11.9 Å². The smallest absolute Gasteiger partial charge is 0.335 e. The van der Waals surface area contributed by atoms with Crippen LogP contribution in [0.1, 0.15) is 13.3 Å². The lowest BCUT2D eigenvalue weighted by Crippen LogP contribution is -2.04. The van der Waals surface area contributed by atoms with Crippen LogP contribution in [0.5, 0.6) is 0 Å². The minimum atomic E-state index is -0.708. The number of ether oxygens (including phenoxy) is 2. The van der Waals surface area contributed by atoms with Gasteiger partial charge in [-0.15, -0.1) is 0 Å². The molecule has 17 heavy (non-hydrogen) atoms. The molecule has 0 bridgehead atoms. The number of hydrogen-bond acceptors (Lipinski definition) is 5. The number of aldehydes is 1. The third-order valence-electron chi connectivity index (χ3n) is 1.75. The van der Waals surface area contributed by atoms with Crippen LogP contribution >= 0.6 is 0 Å². The van der Waals surface area contributed by atoms with Crippen molar-refractivity contribution in [3.8, 4) is 0 Å². The molecular formula is C12H10O5. The van der Waals surface area contributed by atoms with Gasteiger partial charge in [-0.1, -0.05) is 19.2 Å². The lowest BCUT2D eigenvalue weighted by molar-refractivity contribution is -0.138. The molecule has 1 aliphatic rings. The van der Waals surface area contributed by atoms with E-state index in [9.17, 15) is 14.4 Å². The standard InChI is InChI=1S/C12H10O5/c1-3-11(14)16-9(5-6-13)8-7-10(8)17-12(15)4-2/h3,5-6H,1,4H2,2H3/b9-5+. The van der Waals surface area contributed by atoms with Crippen molar-refractivity contribution in [2.75, 3.05) is 0 Å². The van der Waals surface area contributed by atoms with E-state index < -0.39 is 11.9 Å². The molecule has 0 saturated heterocycles. The Morgan fingerprint density at radius 2 is 2.18 bits per heavy atom. The highest BCUT2D eigenvalue weighted by molar-refractivity contribution is 5.84. The van der Waals surface area contributed by atoms with Gasteiger partial charge in [0.15, 0.2) is 11.5 Å². The largest absolute Gasteiger partial charge is 0.422 e. The molecule has 0 aromatic carbocycles. The second-order valence-electron chi connectivity index (χ2n) is 2.95. The fourth-order valence-corrected chi connectivity index (χ4v) is 0.899. The van der Waals surface area contributed by atoms with Crippen LogP contribution in [0, 0.1) is 0 Å². The zero-order valence-electron chi connectivity index (χ0n) is 9.19. The highest BCUT2D eigenvalue weighted by atomic mass is 16.6. The van der Waals surface area contributed by atoms with Crippen LogP contribution < -0.4 is 0 Å². The second kappa shape index (κ2) is 5.63. The van der Waals surface area contributed by atoms with Gasteiger partial charge in [0.1, 0.15) is 11.9 Å². The third-order valence-corrected chi connectivity index (χ3v) is 1.75. The van der Waals surface area contributed by atoms with Crippen molar-refractivity contribution < 1.29 is 23.9 Å². The van der Waals surface area contributed by atoms with E-state index in [-0.39, 0.29) is 17.9 Å². The molecule has 0 amide bonds. The molecule has 0 N–H and O–H groups in total. The van der Waals surface area contributed by atoms with Crippen LogP contribution in [0.3, 0.4) is 0 Å². The van der Waals surface area contributed by atoms with Crippen LogP contribution in [0.25, 0.3) is 0 Å². The van der Waals surface area contributed by atoms with E-state index in [2.05, 4.69) is 12.3 Å². The number of carbonyl (C=O) groups excluding carboxylic acids is 3.